The van der Waals surface area contributed by atoms with E-state index in [1.54, 1.807) is 0 Å². The van der Waals surface area contributed by atoms with Gasteiger partial charge in [-0.15, -0.1) is 0 Å². The molecule has 0 aromatic carbocycles. The first-order valence-corrected chi connectivity index (χ1v) is 6.79. The molecule has 0 aromatic heterocycles. The van der Waals surface area contributed by atoms with Crippen molar-refractivity contribution in [1.82, 2.24) is 14.7 Å². The summed E-state index contributed by atoms with van der Waals surface area (Å²) in [6.45, 7) is 15.3. The molecule has 0 aliphatic carbocycles. The van der Waals surface area contributed by atoms with Crippen molar-refractivity contribution in [2.24, 2.45) is 0 Å². The number of piperazine rings is 1. The van der Waals surface area contributed by atoms with Crippen LogP contribution in [0.5, 0.6) is 0 Å². The van der Waals surface area contributed by atoms with Crippen molar-refractivity contribution in [3.63, 3.8) is 0 Å². The summed E-state index contributed by atoms with van der Waals surface area (Å²) >= 11 is 0. The number of hydrogen-bond donors (Lipinski definition) is 0. The van der Waals surface area contributed by atoms with E-state index in [2.05, 4.69) is 34.6 Å². The fourth-order valence-corrected chi connectivity index (χ4v) is 2.28. The summed E-state index contributed by atoms with van der Waals surface area (Å²) in [7, 11) is 0. The van der Waals surface area contributed by atoms with Crippen LogP contribution in [0, 0.1) is 11.3 Å². The fourth-order valence-electron chi connectivity index (χ4n) is 2.28. The molecule has 98 valence electrons. The van der Waals surface area contributed by atoms with Crippen LogP contribution < -0.4 is 0 Å². The highest BCUT2D eigenvalue weighted by molar-refractivity contribution is 4.90. The largest absolute Gasteiger partial charge is 0.303 e. The Kier molecular flexibility index (Phi) is 6.49. The van der Waals surface area contributed by atoms with Gasteiger partial charge in [0.15, 0.2) is 0 Å². The summed E-state index contributed by atoms with van der Waals surface area (Å²) in [6.07, 6.45) is 0. The lowest BCUT2D eigenvalue weighted by Gasteiger charge is -2.36. The maximum absolute atomic E-state index is 8.88. The van der Waals surface area contributed by atoms with Crippen molar-refractivity contribution in [3.8, 4) is 6.07 Å². The quantitative estimate of drug-likeness (QED) is 0.687. The molecule has 0 N–H and O–H groups in total. The minimum atomic E-state index is 0.0694. The van der Waals surface area contributed by atoms with Gasteiger partial charge in [0, 0.05) is 39.3 Å². The minimum absolute atomic E-state index is 0.0694. The summed E-state index contributed by atoms with van der Waals surface area (Å²) in [6, 6.07) is 2.39. The highest BCUT2D eigenvalue weighted by Crippen LogP contribution is 2.05. The Labute approximate surface area is 106 Å². The number of rotatable bonds is 6. The lowest BCUT2D eigenvalue weighted by atomic mass is 10.2. The van der Waals surface area contributed by atoms with E-state index in [4.69, 9.17) is 5.26 Å². The van der Waals surface area contributed by atoms with Crippen molar-refractivity contribution in [1.29, 1.82) is 5.26 Å². The van der Waals surface area contributed by atoms with Crippen LogP contribution in [0.1, 0.15) is 20.8 Å². The molecule has 1 atom stereocenters. The lowest BCUT2D eigenvalue weighted by molar-refractivity contribution is 0.109. The summed E-state index contributed by atoms with van der Waals surface area (Å²) in [5, 5.41) is 8.88. The van der Waals surface area contributed by atoms with E-state index in [1.807, 2.05) is 6.92 Å². The van der Waals surface area contributed by atoms with Crippen LogP contribution in [0.15, 0.2) is 0 Å². The normalized spacial score (nSPS) is 20.4. The van der Waals surface area contributed by atoms with Gasteiger partial charge < -0.3 is 4.90 Å². The average Bonchev–Trinajstić information content (AvgIpc) is 2.39. The summed E-state index contributed by atoms with van der Waals surface area (Å²) in [5.74, 6) is 0. The third kappa shape index (κ3) is 4.63. The highest BCUT2D eigenvalue weighted by Gasteiger charge is 2.20. The topological polar surface area (TPSA) is 33.5 Å². The summed E-state index contributed by atoms with van der Waals surface area (Å²) in [5.41, 5.74) is 0. The van der Waals surface area contributed by atoms with E-state index in [0.717, 1.165) is 45.8 Å². The van der Waals surface area contributed by atoms with Crippen molar-refractivity contribution >= 4 is 0 Å². The number of likely N-dealkylation sites (N-methyl/N-ethyl adjacent to an activating group) is 1. The zero-order valence-electron chi connectivity index (χ0n) is 11.5. The van der Waals surface area contributed by atoms with Crippen LogP contribution in [-0.2, 0) is 0 Å². The third-order valence-electron chi connectivity index (χ3n) is 3.77. The second kappa shape index (κ2) is 7.65. The second-order valence-corrected chi connectivity index (χ2v) is 4.71. The highest BCUT2D eigenvalue weighted by atomic mass is 15.3. The molecular formula is C13H26N4. The van der Waals surface area contributed by atoms with E-state index in [1.165, 1.54) is 6.54 Å². The molecule has 0 saturated carbocycles. The van der Waals surface area contributed by atoms with Crippen LogP contribution in [0.25, 0.3) is 0 Å². The zero-order valence-corrected chi connectivity index (χ0v) is 11.5. The molecular weight excluding hydrogens is 212 g/mol. The van der Waals surface area contributed by atoms with Crippen LogP contribution in [0.4, 0.5) is 0 Å². The van der Waals surface area contributed by atoms with Crippen LogP contribution in [-0.4, -0.2) is 73.1 Å². The number of nitriles is 1. The standard InChI is InChI=1S/C13H26N4/c1-4-15(5-2)6-7-16-8-10-17(11-9-16)13(3)12-14/h13H,4-11H2,1-3H3. The average molecular weight is 238 g/mol. The van der Waals surface area contributed by atoms with Gasteiger partial charge in [0.2, 0.25) is 0 Å². The molecule has 1 aliphatic heterocycles. The van der Waals surface area contributed by atoms with Gasteiger partial charge in [-0.3, -0.25) is 9.80 Å². The molecule has 1 heterocycles. The molecule has 1 unspecified atom stereocenters. The fraction of sp³-hybridized carbons (Fsp3) is 0.923. The Balaban J connectivity index is 2.21. The molecule has 0 amide bonds. The van der Waals surface area contributed by atoms with Gasteiger partial charge in [0.25, 0.3) is 0 Å². The molecule has 17 heavy (non-hydrogen) atoms. The van der Waals surface area contributed by atoms with E-state index < -0.39 is 0 Å². The second-order valence-electron chi connectivity index (χ2n) is 4.71. The van der Waals surface area contributed by atoms with Gasteiger partial charge in [-0.1, -0.05) is 13.8 Å². The number of hydrogen-bond acceptors (Lipinski definition) is 4. The molecule has 4 heteroatoms. The molecule has 0 aromatic rings. The molecule has 4 nitrogen and oxygen atoms in total. The SMILES string of the molecule is CCN(CC)CCN1CCN(C(C)C#N)CC1. The van der Waals surface area contributed by atoms with Crippen LogP contribution in [0.2, 0.25) is 0 Å². The smallest absolute Gasteiger partial charge is 0.0950 e. The first-order valence-electron chi connectivity index (χ1n) is 6.79. The maximum Gasteiger partial charge on any atom is 0.0950 e. The Bertz CT molecular complexity index is 236. The summed E-state index contributed by atoms with van der Waals surface area (Å²) in [4.78, 5) is 7.25. The van der Waals surface area contributed by atoms with E-state index in [0.29, 0.717) is 0 Å². The zero-order chi connectivity index (χ0) is 12.7. The molecule has 1 saturated heterocycles. The Morgan fingerprint density at radius 3 is 2.24 bits per heavy atom. The van der Waals surface area contributed by atoms with Crippen molar-refractivity contribution in [2.45, 2.75) is 26.8 Å². The van der Waals surface area contributed by atoms with E-state index >= 15 is 0 Å². The van der Waals surface area contributed by atoms with Crippen molar-refractivity contribution in [2.75, 3.05) is 52.4 Å². The van der Waals surface area contributed by atoms with Gasteiger partial charge in [-0.2, -0.15) is 5.26 Å². The molecule has 0 bridgehead atoms. The molecule has 0 radical (unpaired) electrons. The predicted octanol–water partition coefficient (Wildman–Crippen LogP) is 0.858. The van der Waals surface area contributed by atoms with Crippen LogP contribution in [0.3, 0.4) is 0 Å². The van der Waals surface area contributed by atoms with E-state index in [9.17, 15) is 0 Å². The maximum atomic E-state index is 8.88. The first-order chi connectivity index (χ1) is 8.21. The minimum Gasteiger partial charge on any atom is -0.303 e. The van der Waals surface area contributed by atoms with Gasteiger partial charge in [-0.25, -0.2) is 0 Å². The molecule has 1 fully saturated rings. The van der Waals surface area contributed by atoms with Crippen LogP contribution >= 0.6 is 0 Å². The van der Waals surface area contributed by atoms with Gasteiger partial charge in [-0.05, 0) is 20.0 Å². The van der Waals surface area contributed by atoms with Crippen molar-refractivity contribution < 1.29 is 0 Å². The first kappa shape index (κ1) is 14.4. The Morgan fingerprint density at radius 1 is 1.18 bits per heavy atom. The molecule has 0 spiro atoms. The van der Waals surface area contributed by atoms with Crippen molar-refractivity contribution in [3.05, 3.63) is 0 Å². The molecule has 1 aliphatic rings. The van der Waals surface area contributed by atoms with Gasteiger partial charge >= 0.3 is 0 Å². The summed E-state index contributed by atoms with van der Waals surface area (Å²) < 4.78 is 0. The molecule has 1 rings (SSSR count). The van der Waals surface area contributed by atoms with Gasteiger partial charge in [0.1, 0.15) is 0 Å². The number of nitrogens with zero attached hydrogens (tertiary/aromatic N) is 4. The Morgan fingerprint density at radius 2 is 1.76 bits per heavy atom. The lowest BCUT2D eigenvalue weighted by Crippen LogP contribution is -2.50. The predicted molar refractivity (Wildman–Crippen MR) is 70.9 cm³/mol. The third-order valence-corrected chi connectivity index (χ3v) is 3.77. The monoisotopic (exact) mass is 238 g/mol. The van der Waals surface area contributed by atoms with Gasteiger partial charge in [0.05, 0.1) is 12.1 Å². The Hall–Kier alpha value is -0.630. The van der Waals surface area contributed by atoms with E-state index in [-0.39, 0.29) is 6.04 Å².